The van der Waals surface area contributed by atoms with Crippen LogP contribution in [-0.4, -0.2) is 24.1 Å². The molecule has 57 heavy (non-hydrogen) atoms. The minimum atomic E-state index is 0.602. The molecule has 8 aromatic carbocycles. The van der Waals surface area contributed by atoms with Crippen LogP contribution in [-0.2, 0) is 0 Å². The fraction of sp³-hybridized carbons (Fsp3) is 0. The average Bonchev–Trinajstić information content (AvgIpc) is 3.95. The number of benzene rings is 8. The predicted octanol–water partition coefficient (Wildman–Crippen LogP) is 13.0. The van der Waals surface area contributed by atoms with E-state index in [9.17, 15) is 0 Å². The third-order valence-corrected chi connectivity index (χ3v) is 11.1. The number of para-hydroxylation sites is 3. The summed E-state index contributed by atoms with van der Waals surface area (Å²) < 4.78 is 11.6. The minimum Gasteiger partial charge on any atom is -0.454 e. The zero-order valence-electron chi connectivity index (χ0n) is 30.5. The largest absolute Gasteiger partial charge is 0.454 e. The fourth-order valence-corrected chi connectivity index (χ4v) is 8.65. The molecule has 0 fully saturated rings. The van der Waals surface area contributed by atoms with Crippen molar-refractivity contribution >= 4 is 65.6 Å². The number of fused-ring (bicyclic) bond motifs is 11. The second kappa shape index (κ2) is 12.3. The van der Waals surface area contributed by atoms with E-state index in [2.05, 4.69) is 130 Å². The first kappa shape index (κ1) is 31.5. The van der Waals surface area contributed by atoms with Crippen LogP contribution in [0.25, 0.3) is 111 Å². The molecule has 0 aliphatic carbocycles. The second-order valence-electron chi connectivity index (χ2n) is 14.4. The molecule has 0 aliphatic rings. The molecule has 12 aromatic rings. The van der Waals surface area contributed by atoms with Crippen molar-refractivity contribution in [2.45, 2.75) is 0 Å². The SMILES string of the molecule is c1ccc(-c2nc(-c3ccccc3)nc(-c3cccc(-n4c5c(ccc6c7ccccc7oc65)c5ccc6c(c7ccccc7n6-c6ccccc6)c54)c3)n2)cc1. The third-order valence-electron chi connectivity index (χ3n) is 11.1. The van der Waals surface area contributed by atoms with Gasteiger partial charge in [-0.2, -0.15) is 0 Å². The molecule has 0 aliphatic heterocycles. The molecule has 0 atom stereocenters. The van der Waals surface area contributed by atoms with Gasteiger partial charge in [0.05, 0.1) is 22.1 Å². The third kappa shape index (κ3) is 4.81. The van der Waals surface area contributed by atoms with Crippen LogP contribution < -0.4 is 0 Å². The topological polar surface area (TPSA) is 61.7 Å². The van der Waals surface area contributed by atoms with Gasteiger partial charge in [-0.3, -0.25) is 0 Å². The molecule has 0 amide bonds. The molecule has 6 heteroatoms. The molecule has 0 N–H and O–H groups in total. The van der Waals surface area contributed by atoms with Crippen molar-refractivity contribution in [3.8, 4) is 45.5 Å². The molecule has 266 valence electrons. The standard InChI is InChI=1S/C51H31N5O/c1-4-15-32(16-5-1)49-52-50(33-17-6-2-7-18-33)54-51(53-49)34-19-14-22-36(31-34)56-46-38(39-27-28-40-37-23-11-13-26-44(37)57-48(40)47(39)56)29-30-43-45(46)41-24-10-12-25-42(41)55(43)35-20-8-3-9-21-35/h1-31H. The lowest BCUT2D eigenvalue weighted by atomic mass is 10.1. The van der Waals surface area contributed by atoms with Crippen LogP contribution in [0.4, 0.5) is 0 Å². The Morgan fingerprint density at radius 1 is 0.351 bits per heavy atom. The van der Waals surface area contributed by atoms with Gasteiger partial charge in [-0.05, 0) is 48.5 Å². The van der Waals surface area contributed by atoms with E-state index in [0.29, 0.717) is 17.5 Å². The molecule has 4 aromatic heterocycles. The lowest BCUT2D eigenvalue weighted by molar-refractivity contribution is 0.671. The van der Waals surface area contributed by atoms with Crippen LogP contribution in [0.5, 0.6) is 0 Å². The Bertz CT molecular complexity index is 3450. The normalized spacial score (nSPS) is 11.9. The van der Waals surface area contributed by atoms with Gasteiger partial charge in [0.25, 0.3) is 0 Å². The summed E-state index contributed by atoms with van der Waals surface area (Å²) in [7, 11) is 0. The summed E-state index contributed by atoms with van der Waals surface area (Å²) in [4.78, 5) is 15.2. The Hall–Kier alpha value is -7.83. The highest BCUT2D eigenvalue weighted by Crippen LogP contribution is 2.45. The number of rotatable bonds is 5. The maximum Gasteiger partial charge on any atom is 0.164 e. The van der Waals surface area contributed by atoms with Crippen molar-refractivity contribution in [1.29, 1.82) is 0 Å². The summed E-state index contributed by atoms with van der Waals surface area (Å²) in [6.45, 7) is 0. The van der Waals surface area contributed by atoms with Crippen LogP contribution in [0.15, 0.2) is 192 Å². The number of aromatic nitrogens is 5. The van der Waals surface area contributed by atoms with Gasteiger partial charge in [0.2, 0.25) is 0 Å². The van der Waals surface area contributed by atoms with Crippen LogP contribution in [0.3, 0.4) is 0 Å². The summed E-state index contributed by atoms with van der Waals surface area (Å²) in [6, 6.07) is 65.4. The van der Waals surface area contributed by atoms with Crippen molar-refractivity contribution in [3.05, 3.63) is 188 Å². The van der Waals surface area contributed by atoms with Crippen molar-refractivity contribution in [3.63, 3.8) is 0 Å². The van der Waals surface area contributed by atoms with Gasteiger partial charge in [0.1, 0.15) is 5.58 Å². The molecule has 0 radical (unpaired) electrons. The van der Waals surface area contributed by atoms with E-state index in [0.717, 1.165) is 82.8 Å². The van der Waals surface area contributed by atoms with E-state index in [4.69, 9.17) is 19.4 Å². The molecular weight excluding hydrogens is 699 g/mol. The van der Waals surface area contributed by atoms with E-state index in [1.165, 1.54) is 10.8 Å². The number of furan rings is 1. The second-order valence-corrected chi connectivity index (χ2v) is 14.4. The van der Waals surface area contributed by atoms with E-state index >= 15 is 0 Å². The fourth-order valence-electron chi connectivity index (χ4n) is 8.65. The molecule has 12 rings (SSSR count). The van der Waals surface area contributed by atoms with Gasteiger partial charge in [0, 0.05) is 60.4 Å². The van der Waals surface area contributed by atoms with Gasteiger partial charge in [-0.1, -0.05) is 140 Å². The molecule has 0 saturated carbocycles. The Morgan fingerprint density at radius 2 is 0.895 bits per heavy atom. The van der Waals surface area contributed by atoms with Crippen molar-refractivity contribution in [2.24, 2.45) is 0 Å². The zero-order chi connectivity index (χ0) is 37.5. The summed E-state index contributed by atoms with van der Waals surface area (Å²) in [5, 5.41) is 6.81. The average molecular weight is 730 g/mol. The highest BCUT2D eigenvalue weighted by molar-refractivity contribution is 6.29. The highest BCUT2D eigenvalue weighted by Gasteiger charge is 2.24. The summed E-state index contributed by atoms with van der Waals surface area (Å²) >= 11 is 0. The Balaban J connectivity index is 1.20. The van der Waals surface area contributed by atoms with Gasteiger partial charge >= 0.3 is 0 Å². The quantitative estimate of drug-likeness (QED) is 0.177. The van der Waals surface area contributed by atoms with Crippen LogP contribution in [0.1, 0.15) is 0 Å². The molecule has 6 nitrogen and oxygen atoms in total. The zero-order valence-corrected chi connectivity index (χ0v) is 30.5. The molecule has 0 unspecified atom stereocenters. The van der Waals surface area contributed by atoms with Crippen LogP contribution in [0.2, 0.25) is 0 Å². The molecule has 0 spiro atoms. The summed E-state index contributed by atoms with van der Waals surface area (Å²) in [5.41, 5.74) is 11.0. The number of nitrogens with zero attached hydrogens (tertiary/aromatic N) is 5. The summed E-state index contributed by atoms with van der Waals surface area (Å²) in [5.74, 6) is 1.85. The van der Waals surface area contributed by atoms with Gasteiger partial charge in [-0.15, -0.1) is 0 Å². The van der Waals surface area contributed by atoms with E-state index in [1.807, 2.05) is 66.7 Å². The predicted molar refractivity (Wildman–Crippen MR) is 232 cm³/mol. The molecule has 4 heterocycles. The van der Waals surface area contributed by atoms with Crippen molar-refractivity contribution in [2.75, 3.05) is 0 Å². The van der Waals surface area contributed by atoms with Gasteiger partial charge in [0.15, 0.2) is 23.1 Å². The van der Waals surface area contributed by atoms with E-state index < -0.39 is 0 Å². The monoisotopic (exact) mass is 729 g/mol. The Kier molecular flexibility index (Phi) is 6.83. The first-order valence-electron chi connectivity index (χ1n) is 19.1. The number of hydrogen-bond acceptors (Lipinski definition) is 4. The summed E-state index contributed by atoms with van der Waals surface area (Å²) in [6.07, 6.45) is 0. The lowest BCUT2D eigenvalue weighted by Gasteiger charge is -2.12. The smallest absolute Gasteiger partial charge is 0.164 e. The lowest BCUT2D eigenvalue weighted by Crippen LogP contribution is -2.01. The van der Waals surface area contributed by atoms with Crippen molar-refractivity contribution in [1.82, 2.24) is 24.1 Å². The van der Waals surface area contributed by atoms with Gasteiger partial charge < -0.3 is 13.6 Å². The minimum absolute atomic E-state index is 0.602. The Morgan fingerprint density at radius 3 is 1.63 bits per heavy atom. The molecule has 0 saturated heterocycles. The maximum absolute atomic E-state index is 6.82. The van der Waals surface area contributed by atoms with Crippen molar-refractivity contribution < 1.29 is 4.42 Å². The molecule has 0 bridgehead atoms. The van der Waals surface area contributed by atoms with E-state index in [-0.39, 0.29) is 0 Å². The van der Waals surface area contributed by atoms with E-state index in [1.54, 1.807) is 0 Å². The maximum atomic E-state index is 6.82. The van der Waals surface area contributed by atoms with Crippen LogP contribution >= 0.6 is 0 Å². The Labute approximate surface area is 326 Å². The first-order valence-corrected chi connectivity index (χ1v) is 19.1. The first-order chi connectivity index (χ1) is 28.3. The van der Waals surface area contributed by atoms with Crippen LogP contribution in [0, 0.1) is 0 Å². The molecular formula is C51H31N5O. The highest BCUT2D eigenvalue weighted by atomic mass is 16.3. The number of hydrogen-bond donors (Lipinski definition) is 0. The van der Waals surface area contributed by atoms with Gasteiger partial charge in [-0.25, -0.2) is 15.0 Å².